The van der Waals surface area contributed by atoms with Crippen LogP contribution in [0, 0.1) is 6.92 Å². The highest BCUT2D eigenvalue weighted by atomic mass is 15.1. The monoisotopic (exact) mass is 342 g/mol. The maximum atomic E-state index is 4.39. The lowest BCUT2D eigenvalue weighted by atomic mass is 9.99. The number of likely N-dealkylation sites (tertiary alicyclic amines) is 1. The molecule has 4 rings (SSSR count). The van der Waals surface area contributed by atoms with Gasteiger partial charge in [0.15, 0.2) is 0 Å². The van der Waals surface area contributed by atoms with E-state index in [0.29, 0.717) is 0 Å². The van der Waals surface area contributed by atoms with Crippen LogP contribution < -0.4 is 0 Å². The summed E-state index contributed by atoms with van der Waals surface area (Å²) in [4.78, 5) is 6.96. The Hall–Kier alpha value is -2.45. The maximum absolute atomic E-state index is 4.39. The molecule has 2 heterocycles. The number of aryl methyl sites for hydroxylation is 1. The van der Waals surface area contributed by atoms with Gasteiger partial charge in [-0.25, -0.2) is 0 Å². The zero-order chi connectivity index (χ0) is 17.8. The Morgan fingerprint density at radius 1 is 0.731 bits per heavy atom. The van der Waals surface area contributed by atoms with Gasteiger partial charge in [-0.05, 0) is 67.6 Å². The molecule has 0 unspecified atom stereocenters. The molecule has 132 valence electrons. The maximum Gasteiger partial charge on any atom is 0.0373 e. The first kappa shape index (κ1) is 17.0. The number of hydrogen-bond donors (Lipinski definition) is 0. The van der Waals surface area contributed by atoms with Gasteiger partial charge < -0.3 is 4.90 Å². The van der Waals surface area contributed by atoms with E-state index in [4.69, 9.17) is 0 Å². The van der Waals surface area contributed by atoms with Crippen LogP contribution in [-0.2, 0) is 6.42 Å². The van der Waals surface area contributed by atoms with E-state index in [-0.39, 0.29) is 0 Å². The topological polar surface area (TPSA) is 16.1 Å². The highest BCUT2D eigenvalue weighted by Gasteiger charge is 2.10. The fourth-order valence-electron chi connectivity index (χ4n) is 3.65. The van der Waals surface area contributed by atoms with Crippen molar-refractivity contribution in [2.45, 2.75) is 26.2 Å². The lowest BCUT2D eigenvalue weighted by Crippen LogP contribution is -2.21. The van der Waals surface area contributed by atoms with Crippen LogP contribution >= 0.6 is 0 Å². The number of benzene rings is 2. The van der Waals surface area contributed by atoms with Crippen molar-refractivity contribution >= 4 is 0 Å². The van der Waals surface area contributed by atoms with Gasteiger partial charge >= 0.3 is 0 Å². The van der Waals surface area contributed by atoms with E-state index >= 15 is 0 Å². The van der Waals surface area contributed by atoms with Gasteiger partial charge in [0, 0.05) is 24.0 Å². The van der Waals surface area contributed by atoms with Crippen molar-refractivity contribution in [2.75, 3.05) is 19.6 Å². The molecular formula is C24H26N2. The molecule has 2 heteroatoms. The minimum atomic E-state index is 1.05. The van der Waals surface area contributed by atoms with Gasteiger partial charge in [-0.1, -0.05) is 54.6 Å². The zero-order valence-electron chi connectivity index (χ0n) is 15.5. The highest BCUT2D eigenvalue weighted by Crippen LogP contribution is 2.25. The van der Waals surface area contributed by atoms with E-state index in [9.17, 15) is 0 Å². The summed E-state index contributed by atoms with van der Waals surface area (Å²) in [5.74, 6) is 0. The molecule has 0 N–H and O–H groups in total. The molecule has 1 saturated heterocycles. The lowest BCUT2D eigenvalue weighted by molar-refractivity contribution is 0.343. The molecule has 0 aliphatic carbocycles. The lowest BCUT2D eigenvalue weighted by Gasteiger charge is -2.14. The molecule has 1 aromatic heterocycles. The van der Waals surface area contributed by atoms with Crippen LogP contribution in [0.1, 0.15) is 24.1 Å². The molecule has 1 fully saturated rings. The quantitative estimate of drug-likeness (QED) is 0.620. The van der Waals surface area contributed by atoms with Crippen molar-refractivity contribution in [1.82, 2.24) is 9.88 Å². The first-order valence-electron chi connectivity index (χ1n) is 9.63. The number of aromatic nitrogens is 1. The van der Waals surface area contributed by atoms with Crippen molar-refractivity contribution in [1.29, 1.82) is 0 Å². The van der Waals surface area contributed by atoms with E-state index in [1.807, 2.05) is 13.1 Å². The molecule has 1 aliphatic rings. The molecule has 2 aromatic carbocycles. The molecule has 26 heavy (non-hydrogen) atoms. The first-order valence-corrected chi connectivity index (χ1v) is 9.63. The number of nitrogens with zero attached hydrogens (tertiary/aromatic N) is 2. The fraction of sp³-hybridized carbons (Fsp3) is 0.292. The molecule has 0 radical (unpaired) electrons. The van der Waals surface area contributed by atoms with Crippen molar-refractivity contribution in [3.8, 4) is 22.3 Å². The van der Waals surface area contributed by atoms with Crippen molar-refractivity contribution < 1.29 is 0 Å². The Morgan fingerprint density at radius 3 is 1.85 bits per heavy atom. The molecule has 2 nitrogen and oxygen atoms in total. The Balaban J connectivity index is 1.42. The predicted octanol–water partition coefficient (Wildman–Crippen LogP) is 5.36. The van der Waals surface area contributed by atoms with Gasteiger partial charge in [0.25, 0.3) is 0 Å². The van der Waals surface area contributed by atoms with Gasteiger partial charge in [0.1, 0.15) is 0 Å². The SMILES string of the molecule is Cc1ccc(-c2ccc(-c3ccc(CCN4CCCC4)cc3)cc2)cn1. The van der Waals surface area contributed by atoms with Crippen molar-refractivity contribution in [3.63, 3.8) is 0 Å². The van der Waals surface area contributed by atoms with Crippen LogP contribution in [-0.4, -0.2) is 29.5 Å². The van der Waals surface area contributed by atoms with Gasteiger partial charge in [0.2, 0.25) is 0 Å². The summed E-state index contributed by atoms with van der Waals surface area (Å²) in [5, 5.41) is 0. The normalized spacial score (nSPS) is 14.7. The van der Waals surface area contributed by atoms with Gasteiger partial charge in [-0.2, -0.15) is 0 Å². The molecule has 1 aliphatic heterocycles. The fourth-order valence-corrected chi connectivity index (χ4v) is 3.65. The summed E-state index contributed by atoms with van der Waals surface area (Å²) in [7, 11) is 0. The van der Waals surface area contributed by atoms with Crippen LogP contribution in [0.2, 0.25) is 0 Å². The van der Waals surface area contributed by atoms with Crippen LogP contribution in [0.15, 0.2) is 66.9 Å². The highest BCUT2D eigenvalue weighted by molar-refractivity contribution is 5.70. The van der Waals surface area contributed by atoms with Crippen LogP contribution in [0.5, 0.6) is 0 Å². The second kappa shape index (κ2) is 7.84. The average molecular weight is 342 g/mol. The summed E-state index contributed by atoms with van der Waals surface area (Å²) in [6.07, 6.45) is 5.83. The molecule has 0 spiro atoms. The molecule has 0 saturated carbocycles. The van der Waals surface area contributed by atoms with Gasteiger partial charge in [0.05, 0.1) is 0 Å². The summed E-state index contributed by atoms with van der Waals surface area (Å²) in [6, 6.07) is 22.0. The van der Waals surface area contributed by atoms with Gasteiger partial charge in [-0.3, -0.25) is 4.98 Å². The Bertz CT molecular complexity index is 827. The van der Waals surface area contributed by atoms with E-state index in [2.05, 4.69) is 70.5 Å². The van der Waals surface area contributed by atoms with Crippen LogP contribution in [0.25, 0.3) is 22.3 Å². The van der Waals surface area contributed by atoms with Crippen molar-refractivity contribution in [3.05, 3.63) is 78.1 Å². The van der Waals surface area contributed by atoms with Crippen LogP contribution in [0.3, 0.4) is 0 Å². The largest absolute Gasteiger partial charge is 0.303 e. The molecular weight excluding hydrogens is 316 g/mol. The summed E-state index contributed by atoms with van der Waals surface area (Å²) >= 11 is 0. The van der Waals surface area contributed by atoms with E-state index < -0.39 is 0 Å². The third kappa shape index (κ3) is 4.03. The summed E-state index contributed by atoms with van der Waals surface area (Å²) in [5.41, 5.74) is 7.41. The van der Waals surface area contributed by atoms with E-state index in [1.165, 1.54) is 60.3 Å². The predicted molar refractivity (Wildman–Crippen MR) is 109 cm³/mol. The first-order chi connectivity index (χ1) is 12.8. The second-order valence-electron chi connectivity index (χ2n) is 7.26. The number of hydrogen-bond acceptors (Lipinski definition) is 2. The smallest absolute Gasteiger partial charge is 0.0373 e. The number of pyridine rings is 1. The third-order valence-corrected chi connectivity index (χ3v) is 5.33. The third-order valence-electron chi connectivity index (χ3n) is 5.33. The summed E-state index contributed by atoms with van der Waals surface area (Å²) in [6.45, 7) is 5.77. The second-order valence-corrected chi connectivity index (χ2v) is 7.26. The van der Waals surface area contributed by atoms with Crippen molar-refractivity contribution in [2.24, 2.45) is 0 Å². The van der Waals surface area contributed by atoms with Crippen LogP contribution in [0.4, 0.5) is 0 Å². The molecule has 0 amide bonds. The Labute approximate surface area is 156 Å². The Kier molecular flexibility index (Phi) is 5.12. The Morgan fingerprint density at radius 2 is 1.27 bits per heavy atom. The molecule has 0 atom stereocenters. The molecule has 3 aromatic rings. The standard InChI is InChI=1S/C24H26N2/c1-19-4-7-24(18-25-19)23-12-10-22(11-13-23)21-8-5-20(6-9-21)14-17-26-15-2-3-16-26/h4-13,18H,2-3,14-17H2,1H3. The minimum absolute atomic E-state index is 1.05. The summed E-state index contributed by atoms with van der Waals surface area (Å²) < 4.78 is 0. The van der Waals surface area contributed by atoms with E-state index in [1.54, 1.807) is 0 Å². The number of rotatable bonds is 5. The van der Waals surface area contributed by atoms with Gasteiger partial charge in [-0.15, -0.1) is 0 Å². The van der Waals surface area contributed by atoms with E-state index in [0.717, 1.165) is 12.1 Å². The minimum Gasteiger partial charge on any atom is -0.303 e. The zero-order valence-corrected chi connectivity index (χ0v) is 15.5. The molecule has 0 bridgehead atoms. The average Bonchev–Trinajstić information content (AvgIpc) is 3.21.